The molecule has 104 valence electrons. The Morgan fingerprint density at radius 3 is 2.53 bits per heavy atom. The Labute approximate surface area is 112 Å². The third-order valence-electron chi connectivity index (χ3n) is 3.11. The predicted molar refractivity (Wildman–Crippen MR) is 69.9 cm³/mol. The van der Waals surface area contributed by atoms with Gasteiger partial charge in [0.1, 0.15) is 6.04 Å². The highest BCUT2D eigenvalue weighted by atomic mass is 16.4. The van der Waals surface area contributed by atoms with Crippen molar-refractivity contribution in [2.45, 2.75) is 40.2 Å². The van der Waals surface area contributed by atoms with Crippen LogP contribution in [0.5, 0.6) is 0 Å². The number of hydrogen-bond donors (Lipinski definition) is 2. The van der Waals surface area contributed by atoms with Crippen LogP contribution in [-0.2, 0) is 4.79 Å². The van der Waals surface area contributed by atoms with Crippen LogP contribution in [-0.4, -0.2) is 33.2 Å². The van der Waals surface area contributed by atoms with Crippen LogP contribution in [0.1, 0.15) is 42.0 Å². The smallest absolute Gasteiger partial charge is 0.326 e. The van der Waals surface area contributed by atoms with Gasteiger partial charge in [0, 0.05) is 0 Å². The van der Waals surface area contributed by atoms with E-state index in [0.29, 0.717) is 23.4 Å². The zero-order valence-electron chi connectivity index (χ0n) is 11.6. The van der Waals surface area contributed by atoms with Gasteiger partial charge in [-0.3, -0.25) is 4.79 Å². The van der Waals surface area contributed by atoms with Gasteiger partial charge in [0.2, 0.25) is 0 Å². The van der Waals surface area contributed by atoms with E-state index < -0.39 is 17.9 Å². The quantitative estimate of drug-likeness (QED) is 0.837. The molecule has 0 aromatic carbocycles. The van der Waals surface area contributed by atoms with E-state index in [4.69, 9.17) is 5.11 Å². The molecular weight excluding hydrogens is 246 g/mol. The molecule has 2 N–H and O–H groups in total. The number of carbonyl (C=O) groups is 2. The Balaban J connectivity index is 2.94. The third kappa shape index (κ3) is 3.74. The van der Waals surface area contributed by atoms with Gasteiger partial charge < -0.3 is 10.4 Å². The zero-order valence-corrected chi connectivity index (χ0v) is 11.6. The molecule has 0 spiro atoms. The standard InChI is InChI=1S/C13H19N3O3/c1-5-7(2)11(13(18)19)14-12(17)10-6-8(3)15-16-9(10)4/h6-7,11H,5H2,1-4H3,(H,14,17)(H,18,19)/t7?,11-/m0/s1. The minimum absolute atomic E-state index is 0.141. The third-order valence-corrected chi connectivity index (χ3v) is 3.11. The number of carboxylic acids is 1. The Bertz CT molecular complexity index is 488. The summed E-state index contributed by atoms with van der Waals surface area (Å²) in [6.45, 7) is 7.07. The molecule has 6 nitrogen and oxygen atoms in total. The topological polar surface area (TPSA) is 92.2 Å². The summed E-state index contributed by atoms with van der Waals surface area (Å²) in [6.07, 6.45) is 0.670. The Morgan fingerprint density at radius 2 is 2.00 bits per heavy atom. The van der Waals surface area contributed by atoms with Gasteiger partial charge in [-0.15, -0.1) is 0 Å². The molecule has 1 rings (SSSR count). The summed E-state index contributed by atoms with van der Waals surface area (Å²) in [7, 11) is 0. The van der Waals surface area contributed by atoms with E-state index in [1.54, 1.807) is 26.8 Å². The van der Waals surface area contributed by atoms with Crippen LogP contribution in [0.15, 0.2) is 6.07 Å². The SMILES string of the molecule is CCC(C)[C@H](NC(=O)c1cc(C)nnc1C)C(=O)O. The molecule has 1 unspecified atom stereocenters. The minimum atomic E-state index is -1.03. The molecule has 2 atom stereocenters. The fourth-order valence-corrected chi connectivity index (χ4v) is 1.68. The van der Waals surface area contributed by atoms with Gasteiger partial charge >= 0.3 is 5.97 Å². The summed E-state index contributed by atoms with van der Waals surface area (Å²) in [5.74, 6) is -1.60. The molecule has 0 fully saturated rings. The van der Waals surface area contributed by atoms with Gasteiger partial charge in [-0.05, 0) is 25.8 Å². The molecule has 0 bridgehead atoms. The molecule has 0 radical (unpaired) electrons. The normalized spacial score (nSPS) is 13.7. The second-order valence-electron chi connectivity index (χ2n) is 4.66. The predicted octanol–water partition coefficient (Wildman–Crippen LogP) is 1.32. The number of aliphatic carboxylic acids is 1. The maximum atomic E-state index is 12.1. The summed E-state index contributed by atoms with van der Waals surface area (Å²) in [5, 5.41) is 19.4. The number of amides is 1. The highest BCUT2D eigenvalue weighted by molar-refractivity contribution is 5.97. The van der Waals surface area contributed by atoms with E-state index in [1.807, 2.05) is 6.92 Å². The van der Waals surface area contributed by atoms with E-state index in [9.17, 15) is 9.59 Å². The average Bonchev–Trinajstić information content (AvgIpc) is 2.37. The number of carbonyl (C=O) groups excluding carboxylic acids is 1. The number of aryl methyl sites for hydroxylation is 2. The minimum Gasteiger partial charge on any atom is -0.480 e. The van der Waals surface area contributed by atoms with Crippen molar-refractivity contribution in [2.75, 3.05) is 0 Å². The van der Waals surface area contributed by atoms with Crippen molar-refractivity contribution in [3.63, 3.8) is 0 Å². The first-order valence-electron chi connectivity index (χ1n) is 6.21. The molecule has 1 amide bonds. The highest BCUT2D eigenvalue weighted by Gasteiger charge is 2.26. The lowest BCUT2D eigenvalue weighted by Gasteiger charge is -2.20. The lowest BCUT2D eigenvalue weighted by atomic mass is 9.99. The summed E-state index contributed by atoms with van der Waals surface area (Å²) in [6, 6.07) is 0.707. The van der Waals surface area contributed by atoms with E-state index in [2.05, 4.69) is 15.5 Å². The summed E-state index contributed by atoms with van der Waals surface area (Å²) in [5.41, 5.74) is 1.46. The van der Waals surface area contributed by atoms with Crippen molar-refractivity contribution in [1.82, 2.24) is 15.5 Å². The van der Waals surface area contributed by atoms with Crippen LogP contribution in [0.3, 0.4) is 0 Å². The molecule has 0 aliphatic carbocycles. The monoisotopic (exact) mass is 265 g/mol. The van der Waals surface area contributed by atoms with Crippen molar-refractivity contribution in [1.29, 1.82) is 0 Å². The second kappa shape index (κ2) is 6.26. The molecule has 0 saturated carbocycles. The number of rotatable bonds is 5. The second-order valence-corrected chi connectivity index (χ2v) is 4.66. The maximum absolute atomic E-state index is 12.1. The highest BCUT2D eigenvalue weighted by Crippen LogP contribution is 2.11. The fraction of sp³-hybridized carbons (Fsp3) is 0.538. The van der Waals surface area contributed by atoms with Crippen molar-refractivity contribution in [3.8, 4) is 0 Å². The fourth-order valence-electron chi connectivity index (χ4n) is 1.68. The van der Waals surface area contributed by atoms with Gasteiger partial charge in [-0.25, -0.2) is 4.79 Å². The van der Waals surface area contributed by atoms with Gasteiger partial charge in [0.15, 0.2) is 0 Å². The van der Waals surface area contributed by atoms with Crippen LogP contribution in [0.4, 0.5) is 0 Å². The van der Waals surface area contributed by atoms with Crippen molar-refractivity contribution in [3.05, 3.63) is 23.0 Å². The van der Waals surface area contributed by atoms with Crippen molar-refractivity contribution < 1.29 is 14.7 Å². The van der Waals surface area contributed by atoms with E-state index in [1.165, 1.54) is 0 Å². The van der Waals surface area contributed by atoms with E-state index >= 15 is 0 Å². The molecule has 0 aliphatic rings. The van der Waals surface area contributed by atoms with Crippen LogP contribution in [0.25, 0.3) is 0 Å². The van der Waals surface area contributed by atoms with Crippen LogP contribution in [0.2, 0.25) is 0 Å². The zero-order chi connectivity index (χ0) is 14.6. The Morgan fingerprint density at radius 1 is 1.37 bits per heavy atom. The first kappa shape index (κ1) is 15.1. The lowest BCUT2D eigenvalue weighted by Crippen LogP contribution is -2.45. The molecule has 1 heterocycles. The van der Waals surface area contributed by atoms with Gasteiger partial charge in [-0.1, -0.05) is 20.3 Å². The van der Waals surface area contributed by atoms with Crippen LogP contribution >= 0.6 is 0 Å². The molecule has 0 aliphatic heterocycles. The summed E-state index contributed by atoms with van der Waals surface area (Å²) < 4.78 is 0. The first-order chi connectivity index (χ1) is 8.86. The van der Waals surface area contributed by atoms with Crippen molar-refractivity contribution in [2.24, 2.45) is 5.92 Å². The van der Waals surface area contributed by atoms with Crippen molar-refractivity contribution >= 4 is 11.9 Å². The summed E-state index contributed by atoms with van der Waals surface area (Å²) >= 11 is 0. The molecule has 1 aromatic rings. The number of nitrogens with zero attached hydrogens (tertiary/aromatic N) is 2. The molecule has 19 heavy (non-hydrogen) atoms. The molecule has 1 aromatic heterocycles. The Hall–Kier alpha value is -1.98. The number of aromatic nitrogens is 2. The lowest BCUT2D eigenvalue weighted by molar-refractivity contribution is -0.140. The molecule has 6 heteroatoms. The molecular formula is C13H19N3O3. The molecule has 0 saturated heterocycles. The van der Waals surface area contributed by atoms with E-state index in [-0.39, 0.29) is 5.92 Å². The van der Waals surface area contributed by atoms with E-state index in [0.717, 1.165) is 0 Å². The van der Waals surface area contributed by atoms with Crippen LogP contribution in [0, 0.1) is 19.8 Å². The average molecular weight is 265 g/mol. The Kier molecular flexibility index (Phi) is 4.97. The number of hydrogen-bond acceptors (Lipinski definition) is 4. The van der Waals surface area contributed by atoms with Gasteiger partial charge in [-0.2, -0.15) is 10.2 Å². The number of carboxylic acid groups (broad SMARTS) is 1. The van der Waals surface area contributed by atoms with Gasteiger partial charge in [0.05, 0.1) is 17.0 Å². The number of nitrogens with one attached hydrogen (secondary N) is 1. The summed E-state index contributed by atoms with van der Waals surface area (Å²) in [4.78, 5) is 23.3. The largest absolute Gasteiger partial charge is 0.480 e. The first-order valence-corrected chi connectivity index (χ1v) is 6.21. The van der Waals surface area contributed by atoms with Crippen LogP contribution < -0.4 is 5.32 Å². The maximum Gasteiger partial charge on any atom is 0.326 e. The van der Waals surface area contributed by atoms with Gasteiger partial charge in [0.25, 0.3) is 5.91 Å².